The van der Waals surface area contributed by atoms with E-state index in [1.54, 1.807) is 0 Å². The fourth-order valence-electron chi connectivity index (χ4n) is 5.17. The average Bonchev–Trinajstić information content (AvgIpc) is 3.12. The van der Waals surface area contributed by atoms with E-state index in [4.69, 9.17) is 18.9 Å². The second-order valence-corrected chi connectivity index (χ2v) is 11.6. The normalized spacial score (nSPS) is 31.0. The zero-order chi connectivity index (χ0) is 34.9. The van der Waals surface area contributed by atoms with Crippen LogP contribution in [0.15, 0.2) is 0 Å². The van der Waals surface area contributed by atoms with Gasteiger partial charge in [-0.2, -0.15) is 0 Å². The first-order chi connectivity index (χ1) is 22.4. The standard InChI is InChI=1S/C29H52N4O14/c1-16(36)32-18-13-19(38)25(41)20(14-34)46-28(18)44-11-5-3-7-22(39)30-9-10-31-23(40)8-4-6-12-45-29-24(33-17(2)37)27(43)26(42)21(15-35)47-29/h18-21,24-29,34-35,38,41-43H,3-15H2,1-2H3,(H,30,39)(H,31,40)(H,32,36)(H,33,37)/t18?,19?,20?,21?,24?,25-,26+,27-,28-,29-/m1/s1. The van der Waals surface area contributed by atoms with E-state index < -0.39 is 80.4 Å². The van der Waals surface area contributed by atoms with Crippen LogP contribution in [0.2, 0.25) is 0 Å². The van der Waals surface area contributed by atoms with Crippen LogP contribution in [0.5, 0.6) is 0 Å². The number of amides is 4. The number of unbranched alkanes of at least 4 members (excludes halogenated alkanes) is 2. The number of hydrogen-bond donors (Lipinski definition) is 10. The number of carbonyl (C=O) groups is 4. The van der Waals surface area contributed by atoms with Crippen molar-refractivity contribution in [3.8, 4) is 0 Å². The van der Waals surface area contributed by atoms with Crippen molar-refractivity contribution in [2.45, 2.75) is 120 Å². The second kappa shape index (κ2) is 21.5. The molecule has 10 atom stereocenters. The first-order valence-electron chi connectivity index (χ1n) is 15.9. The molecule has 0 aromatic rings. The van der Waals surface area contributed by atoms with Crippen LogP contribution in [0.3, 0.4) is 0 Å². The molecule has 2 saturated heterocycles. The molecule has 0 spiro atoms. The fourth-order valence-corrected chi connectivity index (χ4v) is 5.17. The van der Waals surface area contributed by atoms with Gasteiger partial charge in [-0.25, -0.2) is 0 Å². The molecule has 2 heterocycles. The molecule has 2 aliphatic rings. The molecule has 0 saturated carbocycles. The summed E-state index contributed by atoms with van der Waals surface area (Å²) in [7, 11) is 0. The van der Waals surface area contributed by atoms with E-state index in [0.717, 1.165) is 0 Å². The van der Waals surface area contributed by atoms with Crippen LogP contribution in [-0.4, -0.2) is 155 Å². The molecule has 10 N–H and O–H groups in total. The monoisotopic (exact) mass is 680 g/mol. The van der Waals surface area contributed by atoms with Crippen molar-refractivity contribution in [2.24, 2.45) is 0 Å². The minimum atomic E-state index is -1.40. The van der Waals surface area contributed by atoms with Crippen LogP contribution in [0.4, 0.5) is 0 Å². The smallest absolute Gasteiger partial charge is 0.220 e. The van der Waals surface area contributed by atoms with E-state index in [-0.39, 0.29) is 63.3 Å². The highest BCUT2D eigenvalue weighted by molar-refractivity contribution is 5.77. The van der Waals surface area contributed by atoms with Gasteiger partial charge in [0.25, 0.3) is 0 Å². The van der Waals surface area contributed by atoms with Crippen LogP contribution in [0, 0.1) is 0 Å². The van der Waals surface area contributed by atoms with Gasteiger partial charge in [-0.05, 0) is 25.7 Å². The summed E-state index contributed by atoms with van der Waals surface area (Å²) in [5.74, 6) is -1.27. The van der Waals surface area contributed by atoms with Gasteiger partial charge in [-0.1, -0.05) is 0 Å². The quantitative estimate of drug-likeness (QED) is 0.0581. The summed E-state index contributed by atoms with van der Waals surface area (Å²) < 4.78 is 22.4. The van der Waals surface area contributed by atoms with Crippen molar-refractivity contribution < 1.29 is 68.8 Å². The molecule has 2 fully saturated rings. The van der Waals surface area contributed by atoms with Crippen molar-refractivity contribution in [3.05, 3.63) is 0 Å². The van der Waals surface area contributed by atoms with Gasteiger partial charge in [-0.3, -0.25) is 19.2 Å². The molecule has 0 radical (unpaired) electrons. The first-order valence-corrected chi connectivity index (χ1v) is 15.9. The maximum absolute atomic E-state index is 12.1. The Morgan fingerprint density at radius 2 is 1.17 bits per heavy atom. The number of carbonyl (C=O) groups excluding carboxylic acids is 4. The summed E-state index contributed by atoms with van der Waals surface area (Å²) in [5, 5.41) is 70.0. The topological polar surface area (TPSA) is 275 Å². The highest BCUT2D eigenvalue weighted by Crippen LogP contribution is 2.23. The Morgan fingerprint density at radius 3 is 1.68 bits per heavy atom. The molecule has 18 nitrogen and oxygen atoms in total. The summed E-state index contributed by atoms with van der Waals surface area (Å²) in [4.78, 5) is 47.3. The van der Waals surface area contributed by atoms with Crippen LogP contribution in [0.25, 0.3) is 0 Å². The fraction of sp³-hybridized carbons (Fsp3) is 0.862. The van der Waals surface area contributed by atoms with Gasteiger partial charge in [0.05, 0.1) is 25.4 Å². The summed E-state index contributed by atoms with van der Waals surface area (Å²) in [6.45, 7) is 2.20. The minimum Gasteiger partial charge on any atom is -0.394 e. The predicted octanol–water partition coefficient (Wildman–Crippen LogP) is -4.13. The molecule has 0 aromatic heterocycles. The molecule has 272 valence electrons. The Kier molecular flexibility index (Phi) is 18.6. The van der Waals surface area contributed by atoms with Gasteiger partial charge in [-0.15, -0.1) is 0 Å². The zero-order valence-corrected chi connectivity index (χ0v) is 26.9. The van der Waals surface area contributed by atoms with Crippen LogP contribution >= 0.6 is 0 Å². The number of rotatable bonds is 19. The lowest BCUT2D eigenvalue weighted by atomic mass is 9.97. The summed E-state index contributed by atoms with van der Waals surface area (Å²) >= 11 is 0. The van der Waals surface area contributed by atoms with Crippen molar-refractivity contribution >= 4 is 23.6 Å². The van der Waals surface area contributed by atoms with Gasteiger partial charge in [0.15, 0.2) is 12.6 Å². The Labute approximate surface area is 273 Å². The third-order valence-electron chi connectivity index (χ3n) is 7.66. The summed E-state index contributed by atoms with van der Waals surface area (Å²) in [6, 6.07) is -1.78. The van der Waals surface area contributed by atoms with Gasteiger partial charge < -0.3 is 70.9 Å². The maximum atomic E-state index is 12.1. The predicted molar refractivity (Wildman–Crippen MR) is 161 cm³/mol. The van der Waals surface area contributed by atoms with E-state index in [0.29, 0.717) is 25.7 Å². The van der Waals surface area contributed by atoms with Crippen LogP contribution in [-0.2, 0) is 38.1 Å². The highest BCUT2D eigenvalue weighted by Gasteiger charge is 2.45. The molecule has 47 heavy (non-hydrogen) atoms. The first kappa shape index (κ1) is 40.7. The Morgan fingerprint density at radius 1 is 0.681 bits per heavy atom. The third kappa shape index (κ3) is 14.2. The molecule has 2 rings (SSSR count). The molecular weight excluding hydrogens is 628 g/mol. The molecule has 0 aliphatic carbocycles. The average molecular weight is 681 g/mol. The van der Waals surface area contributed by atoms with E-state index in [9.17, 15) is 49.8 Å². The number of aliphatic hydroxyl groups excluding tert-OH is 6. The Balaban J connectivity index is 1.57. The number of ether oxygens (including phenoxy) is 4. The minimum absolute atomic E-state index is 0.0305. The van der Waals surface area contributed by atoms with Crippen molar-refractivity contribution in [1.29, 1.82) is 0 Å². The van der Waals surface area contributed by atoms with Gasteiger partial charge in [0.1, 0.15) is 36.6 Å². The molecule has 0 bridgehead atoms. The molecule has 2 aliphatic heterocycles. The Bertz CT molecular complexity index is 977. The van der Waals surface area contributed by atoms with E-state index in [1.807, 2.05) is 0 Å². The maximum Gasteiger partial charge on any atom is 0.220 e. The van der Waals surface area contributed by atoms with Crippen molar-refractivity contribution in [2.75, 3.05) is 39.5 Å². The van der Waals surface area contributed by atoms with E-state index >= 15 is 0 Å². The SMILES string of the molecule is CC(=O)NC1CC(O)[C@@H](O)C(CO)O[C@H]1OCCCCC(=O)NCCNC(=O)CCCCO[C@@H]1OC(CO)[C@H](O)[C@H](O)C1NC(C)=O. The second-order valence-electron chi connectivity index (χ2n) is 11.6. The lowest BCUT2D eigenvalue weighted by Crippen LogP contribution is -2.64. The highest BCUT2D eigenvalue weighted by atomic mass is 16.7. The number of hydrogen-bond acceptors (Lipinski definition) is 14. The lowest BCUT2D eigenvalue weighted by Gasteiger charge is -2.42. The summed E-state index contributed by atoms with van der Waals surface area (Å²) in [6.07, 6.45) is -7.41. The number of aliphatic hydroxyl groups is 6. The molecule has 5 unspecified atom stereocenters. The van der Waals surface area contributed by atoms with Crippen LogP contribution < -0.4 is 21.3 Å². The van der Waals surface area contributed by atoms with Crippen molar-refractivity contribution in [3.63, 3.8) is 0 Å². The van der Waals surface area contributed by atoms with Gasteiger partial charge >= 0.3 is 0 Å². The third-order valence-corrected chi connectivity index (χ3v) is 7.66. The Hall–Kier alpha value is -2.52. The molecule has 0 aromatic carbocycles. The van der Waals surface area contributed by atoms with Crippen molar-refractivity contribution in [1.82, 2.24) is 21.3 Å². The van der Waals surface area contributed by atoms with E-state index in [1.165, 1.54) is 13.8 Å². The van der Waals surface area contributed by atoms with E-state index in [2.05, 4.69) is 21.3 Å². The van der Waals surface area contributed by atoms with Crippen LogP contribution in [0.1, 0.15) is 58.8 Å². The summed E-state index contributed by atoms with van der Waals surface area (Å²) in [5.41, 5.74) is 0. The van der Waals surface area contributed by atoms with Gasteiger partial charge in [0.2, 0.25) is 23.6 Å². The number of nitrogens with one attached hydrogen (secondary N) is 4. The lowest BCUT2D eigenvalue weighted by molar-refractivity contribution is -0.270. The molecular formula is C29H52N4O14. The molecule has 18 heteroatoms. The van der Waals surface area contributed by atoms with Gasteiger partial charge in [0, 0.05) is 59.4 Å². The largest absolute Gasteiger partial charge is 0.394 e. The molecule has 4 amide bonds. The zero-order valence-electron chi connectivity index (χ0n) is 26.9.